The number of aromatic nitrogens is 3. The van der Waals surface area contributed by atoms with E-state index < -0.39 is 0 Å². The Bertz CT molecular complexity index is 339. The van der Waals surface area contributed by atoms with Crippen LogP contribution in [0.3, 0.4) is 0 Å². The molecule has 96 valence electrons. The second-order valence-corrected chi connectivity index (χ2v) is 5.03. The Kier molecular flexibility index (Phi) is 4.54. The molecule has 0 saturated heterocycles. The Labute approximate surface area is 104 Å². The van der Waals surface area contributed by atoms with Crippen molar-refractivity contribution in [2.24, 2.45) is 0 Å². The van der Waals surface area contributed by atoms with E-state index >= 15 is 0 Å². The zero-order chi connectivity index (χ0) is 12.1. The number of aryl methyl sites for hydroxylation is 2. The number of nitrogens with one attached hydrogen (secondary N) is 1. The van der Waals surface area contributed by atoms with Gasteiger partial charge in [0, 0.05) is 12.5 Å². The van der Waals surface area contributed by atoms with E-state index in [0.717, 1.165) is 25.2 Å². The Balaban J connectivity index is 2.05. The topological polar surface area (TPSA) is 42.7 Å². The Hall–Kier alpha value is -0.900. The molecule has 1 fully saturated rings. The van der Waals surface area contributed by atoms with E-state index in [0.29, 0.717) is 6.04 Å². The molecule has 1 saturated carbocycles. The smallest absolute Gasteiger partial charge is 0.133 e. The van der Waals surface area contributed by atoms with Gasteiger partial charge in [-0.3, -0.25) is 0 Å². The van der Waals surface area contributed by atoms with Crippen LogP contribution in [-0.4, -0.2) is 28.4 Å². The largest absolute Gasteiger partial charge is 0.320 e. The molecule has 17 heavy (non-hydrogen) atoms. The maximum atomic E-state index is 4.35. The van der Waals surface area contributed by atoms with Gasteiger partial charge in [0.2, 0.25) is 0 Å². The molecular formula is C13H24N4. The molecule has 1 aliphatic rings. The van der Waals surface area contributed by atoms with Crippen LogP contribution in [0.15, 0.2) is 0 Å². The quantitative estimate of drug-likeness (QED) is 0.797. The van der Waals surface area contributed by atoms with Crippen LogP contribution in [0.1, 0.15) is 56.2 Å². The number of hydrogen-bond acceptors (Lipinski definition) is 3. The summed E-state index contributed by atoms with van der Waals surface area (Å²) >= 11 is 0. The van der Waals surface area contributed by atoms with E-state index in [4.69, 9.17) is 0 Å². The van der Waals surface area contributed by atoms with Crippen molar-refractivity contribution >= 4 is 0 Å². The van der Waals surface area contributed by atoms with Gasteiger partial charge in [-0.2, -0.15) is 0 Å². The summed E-state index contributed by atoms with van der Waals surface area (Å²) < 4.78 is 2.40. The lowest BCUT2D eigenvalue weighted by Crippen LogP contribution is -2.18. The van der Waals surface area contributed by atoms with Crippen LogP contribution in [0, 0.1) is 6.92 Å². The average molecular weight is 236 g/mol. The van der Waals surface area contributed by atoms with Crippen molar-refractivity contribution in [3.8, 4) is 0 Å². The number of nitrogens with zero attached hydrogens (tertiary/aromatic N) is 3. The molecule has 4 nitrogen and oxygen atoms in total. The van der Waals surface area contributed by atoms with Gasteiger partial charge < -0.3 is 9.88 Å². The Morgan fingerprint density at radius 2 is 2.00 bits per heavy atom. The third-order valence-electron chi connectivity index (χ3n) is 3.70. The van der Waals surface area contributed by atoms with Gasteiger partial charge in [-0.15, -0.1) is 10.2 Å². The predicted molar refractivity (Wildman–Crippen MR) is 69.1 cm³/mol. The SMILES string of the molecule is CNCCCc1nnc(C)n1C1CCCCC1. The summed E-state index contributed by atoms with van der Waals surface area (Å²) in [6.07, 6.45) is 8.90. The molecule has 1 aromatic heterocycles. The van der Waals surface area contributed by atoms with Gasteiger partial charge in [-0.05, 0) is 39.8 Å². The van der Waals surface area contributed by atoms with Crippen molar-refractivity contribution in [1.29, 1.82) is 0 Å². The lowest BCUT2D eigenvalue weighted by atomic mass is 9.95. The Morgan fingerprint density at radius 3 is 2.71 bits per heavy atom. The van der Waals surface area contributed by atoms with Gasteiger partial charge in [0.1, 0.15) is 11.6 Å². The minimum atomic E-state index is 0.656. The molecule has 0 aliphatic heterocycles. The summed E-state index contributed by atoms with van der Waals surface area (Å²) in [6, 6.07) is 0.656. The normalized spacial score (nSPS) is 17.5. The van der Waals surface area contributed by atoms with Gasteiger partial charge in [0.25, 0.3) is 0 Å². The fraction of sp³-hybridized carbons (Fsp3) is 0.846. The third kappa shape index (κ3) is 3.06. The summed E-state index contributed by atoms with van der Waals surface area (Å²) in [6.45, 7) is 3.14. The fourth-order valence-electron chi connectivity index (χ4n) is 2.82. The van der Waals surface area contributed by atoms with Crippen LogP contribution in [0.2, 0.25) is 0 Å². The van der Waals surface area contributed by atoms with Crippen LogP contribution in [0.4, 0.5) is 0 Å². The number of hydrogen-bond donors (Lipinski definition) is 1. The van der Waals surface area contributed by atoms with Crippen LogP contribution in [0.25, 0.3) is 0 Å². The first-order chi connectivity index (χ1) is 8.33. The molecule has 1 aromatic rings. The van der Waals surface area contributed by atoms with Crippen molar-refractivity contribution in [2.45, 2.75) is 57.9 Å². The summed E-state index contributed by atoms with van der Waals surface area (Å²) in [7, 11) is 2.00. The molecule has 2 rings (SSSR count). The molecule has 0 atom stereocenters. The van der Waals surface area contributed by atoms with Crippen molar-refractivity contribution in [1.82, 2.24) is 20.1 Å². The predicted octanol–water partition coefficient (Wildman–Crippen LogP) is 2.24. The van der Waals surface area contributed by atoms with E-state index in [2.05, 4.69) is 27.0 Å². The monoisotopic (exact) mass is 236 g/mol. The minimum Gasteiger partial charge on any atom is -0.320 e. The molecule has 0 aromatic carbocycles. The number of rotatable bonds is 5. The van der Waals surface area contributed by atoms with Crippen molar-refractivity contribution in [2.75, 3.05) is 13.6 Å². The zero-order valence-corrected chi connectivity index (χ0v) is 11.1. The van der Waals surface area contributed by atoms with E-state index in [9.17, 15) is 0 Å². The van der Waals surface area contributed by atoms with Crippen molar-refractivity contribution in [3.63, 3.8) is 0 Å². The van der Waals surface area contributed by atoms with Gasteiger partial charge in [-0.25, -0.2) is 0 Å². The summed E-state index contributed by atoms with van der Waals surface area (Å²) in [4.78, 5) is 0. The van der Waals surface area contributed by atoms with Crippen LogP contribution < -0.4 is 5.32 Å². The van der Waals surface area contributed by atoms with E-state index in [1.54, 1.807) is 0 Å². The van der Waals surface area contributed by atoms with E-state index in [-0.39, 0.29) is 0 Å². The van der Waals surface area contributed by atoms with Crippen LogP contribution in [-0.2, 0) is 6.42 Å². The minimum absolute atomic E-state index is 0.656. The highest BCUT2D eigenvalue weighted by Gasteiger charge is 2.20. The van der Waals surface area contributed by atoms with Crippen molar-refractivity contribution in [3.05, 3.63) is 11.6 Å². The Morgan fingerprint density at radius 1 is 1.24 bits per heavy atom. The zero-order valence-electron chi connectivity index (χ0n) is 11.1. The first kappa shape index (κ1) is 12.6. The summed E-state index contributed by atoms with van der Waals surface area (Å²) in [5.41, 5.74) is 0. The molecule has 1 heterocycles. The van der Waals surface area contributed by atoms with Gasteiger partial charge in [0.15, 0.2) is 0 Å². The summed E-state index contributed by atoms with van der Waals surface area (Å²) in [5, 5.41) is 11.8. The second-order valence-electron chi connectivity index (χ2n) is 5.03. The molecule has 1 N–H and O–H groups in total. The highest BCUT2D eigenvalue weighted by molar-refractivity contribution is 4.98. The van der Waals surface area contributed by atoms with Gasteiger partial charge in [-0.1, -0.05) is 19.3 Å². The molecule has 0 spiro atoms. The molecule has 4 heteroatoms. The first-order valence-electron chi connectivity index (χ1n) is 6.88. The third-order valence-corrected chi connectivity index (χ3v) is 3.70. The second kappa shape index (κ2) is 6.15. The maximum absolute atomic E-state index is 4.35. The lowest BCUT2D eigenvalue weighted by Gasteiger charge is -2.25. The van der Waals surface area contributed by atoms with E-state index in [1.807, 2.05) is 7.05 Å². The molecule has 0 amide bonds. The van der Waals surface area contributed by atoms with Gasteiger partial charge in [0.05, 0.1) is 0 Å². The molecule has 0 radical (unpaired) electrons. The molecule has 0 bridgehead atoms. The van der Waals surface area contributed by atoms with E-state index in [1.165, 1.54) is 37.9 Å². The first-order valence-corrected chi connectivity index (χ1v) is 6.88. The highest BCUT2D eigenvalue weighted by Crippen LogP contribution is 2.29. The standard InChI is InChI=1S/C13H24N4/c1-11-15-16-13(9-6-10-14-2)17(11)12-7-4-3-5-8-12/h12,14H,3-10H2,1-2H3. The van der Waals surface area contributed by atoms with Crippen LogP contribution >= 0.6 is 0 Å². The van der Waals surface area contributed by atoms with Crippen LogP contribution in [0.5, 0.6) is 0 Å². The molecule has 0 unspecified atom stereocenters. The fourth-order valence-corrected chi connectivity index (χ4v) is 2.82. The highest BCUT2D eigenvalue weighted by atomic mass is 15.3. The molecule has 1 aliphatic carbocycles. The lowest BCUT2D eigenvalue weighted by molar-refractivity contribution is 0.340. The van der Waals surface area contributed by atoms with Gasteiger partial charge >= 0.3 is 0 Å². The molecular weight excluding hydrogens is 212 g/mol. The van der Waals surface area contributed by atoms with Crippen molar-refractivity contribution < 1.29 is 0 Å². The maximum Gasteiger partial charge on any atom is 0.133 e. The average Bonchev–Trinajstić information content (AvgIpc) is 2.72. The summed E-state index contributed by atoms with van der Waals surface area (Å²) in [5.74, 6) is 2.28.